The maximum absolute atomic E-state index is 11.0. The van der Waals surface area contributed by atoms with Gasteiger partial charge >= 0.3 is 0 Å². The van der Waals surface area contributed by atoms with Gasteiger partial charge in [-0.15, -0.1) is 0 Å². The first-order valence-electron chi connectivity index (χ1n) is 3.85. The summed E-state index contributed by atoms with van der Waals surface area (Å²) in [5.74, 6) is 0.489. The van der Waals surface area contributed by atoms with Crippen molar-refractivity contribution in [2.45, 2.75) is 0 Å². The molecule has 72 valence electrons. The molecule has 2 heterocycles. The third-order valence-corrected chi connectivity index (χ3v) is 2.05. The third-order valence-electron chi connectivity index (χ3n) is 1.69. The monoisotopic (exact) mass is 209 g/mol. The summed E-state index contributed by atoms with van der Waals surface area (Å²) in [7, 11) is 1.74. The second kappa shape index (κ2) is 3.18. The Morgan fingerprint density at radius 2 is 2.43 bits per heavy atom. The third kappa shape index (κ3) is 1.49. The van der Waals surface area contributed by atoms with E-state index in [1.165, 1.54) is 18.6 Å². The summed E-state index contributed by atoms with van der Waals surface area (Å²) in [6.45, 7) is 0. The Balaban J connectivity index is 2.54. The molecule has 0 saturated carbocycles. The summed E-state index contributed by atoms with van der Waals surface area (Å²) in [6, 6.07) is 0. The van der Waals surface area contributed by atoms with Crippen LogP contribution in [0.25, 0.3) is 11.5 Å². The van der Waals surface area contributed by atoms with Gasteiger partial charge in [-0.25, -0.2) is 4.98 Å². The predicted molar refractivity (Wildman–Crippen MR) is 50.6 cm³/mol. The van der Waals surface area contributed by atoms with Gasteiger partial charge in [0, 0.05) is 7.05 Å². The molecule has 0 bridgehead atoms. The van der Waals surface area contributed by atoms with Gasteiger partial charge in [0.2, 0.25) is 11.0 Å². The van der Waals surface area contributed by atoms with Crippen molar-refractivity contribution in [3.8, 4) is 11.5 Å². The number of aromatic nitrogens is 5. The van der Waals surface area contributed by atoms with Gasteiger partial charge in [0.1, 0.15) is 0 Å². The summed E-state index contributed by atoms with van der Waals surface area (Å²) in [4.78, 5) is 8.02. The fourth-order valence-corrected chi connectivity index (χ4v) is 1.15. The molecule has 0 saturated heterocycles. The normalized spacial score (nSPS) is 10.4. The minimum Gasteiger partial charge on any atom is -0.619 e. The average molecular weight is 209 g/mol. The molecule has 0 aliphatic rings. The van der Waals surface area contributed by atoms with Crippen molar-refractivity contribution < 1.29 is 4.73 Å². The zero-order chi connectivity index (χ0) is 10.1. The van der Waals surface area contributed by atoms with E-state index >= 15 is 0 Å². The van der Waals surface area contributed by atoms with Crippen molar-refractivity contribution in [2.75, 3.05) is 0 Å². The summed E-state index contributed by atoms with van der Waals surface area (Å²) < 4.78 is 2.66. The Morgan fingerprint density at radius 3 is 3.00 bits per heavy atom. The number of aromatic amines is 1. The van der Waals surface area contributed by atoms with E-state index in [-0.39, 0.29) is 0 Å². The van der Waals surface area contributed by atoms with Gasteiger partial charge in [-0.05, 0) is 12.2 Å². The minimum atomic E-state index is 0.420. The maximum Gasteiger partial charge on any atom is 0.216 e. The van der Waals surface area contributed by atoms with Crippen LogP contribution in [0.1, 0.15) is 0 Å². The van der Waals surface area contributed by atoms with E-state index in [0.29, 0.717) is 21.0 Å². The molecule has 6 nitrogen and oxygen atoms in total. The molecule has 1 N–H and O–H groups in total. The first kappa shape index (κ1) is 8.82. The molecule has 2 rings (SSSR count). The molecule has 2 aromatic rings. The highest BCUT2D eigenvalue weighted by molar-refractivity contribution is 7.71. The first-order chi connectivity index (χ1) is 6.66. The maximum atomic E-state index is 11.0. The molecule has 0 spiro atoms. The molecule has 7 heteroatoms. The van der Waals surface area contributed by atoms with Crippen LogP contribution in [0.3, 0.4) is 0 Å². The van der Waals surface area contributed by atoms with Gasteiger partial charge in [-0.3, -0.25) is 9.78 Å². The Bertz CT molecular complexity index is 517. The Labute approximate surface area is 84.4 Å². The highest BCUT2D eigenvalue weighted by Gasteiger charge is 2.07. The summed E-state index contributed by atoms with van der Waals surface area (Å²) >= 11 is 4.91. The van der Waals surface area contributed by atoms with Crippen LogP contribution in [0.4, 0.5) is 0 Å². The fourth-order valence-electron chi connectivity index (χ4n) is 1.02. The number of hydrogen-bond donors (Lipinski definition) is 1. The van der Waals surface area contributed by atoms with Gasteiger partial charge in [-0.1, -0.05) is 0 Å². The Morgan fingerprint density at radius 1 is 1.64 bits per heavy atom. The molecular formula is C7H7N5OS. The van der Waals surface area contributed by atoms with Crippen molar-refractivity contribution in [2.24, 2.45) is 7.05 Å². The molecule has 0 fully saturated rings. The van der Waals surface area contributed by atoms with E-state index in [1.807, 2.05) is 0 Å². The molecule has 0 radical (unpaired) electrons. The highest BCUT2D eigenvalue weighted by atomic mass is 32.1. The van der Waals surface area contributed by atoms with E-state index in [2.05, 4.69) is 15.1 Å². The van der Waals surface area contributed by atoms with Gasteiger partial charge in [-0.2, -0.15) is 9.71 Å². The number of nitrogens with zero attached hydrogens (tertiary/aromatic N) is 4. The number of H-pyrrole nitrogens is 1. The second-order valence-electron chi connectivity index (χ2n) is 2.72. The topological polar surface area (TPSA) is 73.4 Å². The Hall–Kier alpha value is -1.76. The molecule has 0 aromatic carbocycles. The van der Waals surface area contributed by atoms with Crippen molar-refractivity contribution in [3.05, 3.63) is 28.6 Å². The van der Waals surface area contributed by atoms with Crippen LogP contribution in [0.15, 0.2) is 18.6 Å². The van der Waals surface area contributed by atoms with Gasteiger partial charge < -0.3 is 5.21 Å². The summed E-state index contributed by atoms with van der Waals surface area (Å²) in [6.07, 6.45) is 4.04. The molecular weight excluding hydrogens is 202 g/mol. The molecule has 2 aromatic heterocycles. The van der Waals surface area contributed by atoms with Gasteiger partial charge in [0.25, 0.3) is 0 Å². The minimum absolute atomic E-state index is 0.420. The number of hydrogen-bond acceptors (Lipinski definition) is 4. The molecule has 0 amide bonds. The van der Waals surface area contributed by atoms with Crippen molar-refractivity contribution in [3.63, 3.8) is 0 Å². The van der Waals surface area contributed by atoms with Gasteiger partial charge in [0.05, 0.1) is 6.20 Å². The first-order valence-corrected chi connectivity index (χ1v) is 4.26. The predicted octanol–water partition coefficient (Wildman–Crippen LogP) is 0.173. The van der Waals surface area contributed by atoms with Crippen LogP contribution >= 0.6 is 12.2 Å². The van der Waals surface area contributed by atoms with Crippen LogP contribution in [0, 0.1) is 9.98 Å². The lowest BCUT2D eigenvalue weighted by atomic mass is 10.4. The van der Waals surface area contributed by atoms with Crippen LogP contribution in [0.5, 0.6) is 0 Å². The molecule has 0 unspecified atom stereocenters. The average Bonchev–Trinajstić information content (AvgIpc) is 2.47. The lowest BCUT2D eigenvalue weighted by molar-refractivity contribution is -0.605. The molecule has 14 heavy (non-hydrogen) atoms. The van der Waals surface area contributed by atoms with Gasteiger partial charge in [0.15, 0.2) is 17.7 Å². The van der Waals surface area contributed by atoms with Crippen molar-refractivity contribution in [1.29, 1.82) is 0 Å². The lowest BCUT2D eigenvalue weighted by Gasteiger charge is -1.95. The standard InChI is InChI=1S/C7H7N5OS/c1-11-7(14)9-6(10-11)5-4-12(13)3-2-8-5/h2-4H,1H3,(H,9,10,14). The number of rotatable bonds is 1. The summed E-state index contributed by atoms with van der Waals surface area (Å²) in [5.41, 5.74) is 0.467. The summed E-state index contributed by atoms with van der Waals surface area (Å²) in [5, 5.41) is 13.8. The molecule has 0 aliphatic heterocycles. The van der Waals surface area contributed by atoms with Crippen molar-refractivity contribution >= 4 is 12.2 Å². The Kier molecular flexibility index (Phi) is 2.01. The van der Waals surface area contributed by atoms with E-state index in [4.69, 9.17) is 12.2 Å². The number of aryl methyl sites for hydroxylation is 1. The van der Waals surface area contributed by atoms with E-state index < -0.39 is 0 Å². The molecule has 0 aliphatic carbocycles. The zero-order valence-electron chi connectivity index (χ0n) is 7.34. The smallest absolute Gasteiger partial charge is 0.216 e. The van der Waals surface area contributed by atoms with Crippen LogP contribution in [-0.2, 0) is 7.05 Å². The van der Waals surface area contributed by atoms with Crippen LogP contribution < -0.4 is 4.73 Å². The number of nitrogens with one attached hydrogen (secondary N) is 1. The fraction of sp³-hybridized carbons (Fsp3) is 0.143. The van der Waals surface area contributed by atoms with E-state index in [0.717, 1.165) is 0 Å². The van der Waals surface area contributed by atoms with Crippen molar-refractivity contribution in [1.82, 2.24) is 19.7 Å². The lowest BCUT2D eigenvalue weighted by Crippen LogP contribution is -2.24. The zero-order valence-corrected chi connectivity index (χ0v) is 8.15. The van der Waals surface area contributed by atoms with E-state index in [9.17, 15) is 5.21 Å². The van der Waals surface area contributed by atoms with E-state index in [1.54, 1.807) is 11.7 Å². The quantitative estimate of drug-likeness (QED) is 0.413. The van der Waals surface area contributed by atoms with Crippen LogP contribution in [-0.4, -0.2) is 19.7 Å². The SMILES string of the molecule is Cn1[nH]c(-c2c[n+]([O-])ccn2)nc1=S. The largest absolute Gasteiger partial charge is 0.619 e. The highest BCUT2D eigenvalue weighted by Crippen LogP contribution is 2.07. The molecule has 0 atom stereocenters. The second-order valence-corrected chi connectivity index (χ2v) is 3.08. The van der Waals surface area contributed by atoms with Crippen LogP contribution in [0.2, 0.25) is 0 Å².